The molecule has 100 valence electrons. The number of unbranched alkanes of at least 4 members (excludes halogenated alkanes) is 2. The lowest BCUT2D eigenvalue weighted by Crippen LogP contribution is -2.19. The molecule has 0 radical (unpaired) electrons. The molecule has 1 aromatic rings. The van der Waals surface area contributed by atoms with Gasteiger partial charge in [0, 0.05) is 17.4 Å². The average molecular weight is 314 g/mol. The van der Waals surface area contributed by atoms with E-state index in [9.17, 15) is 4.79 Å². The van der Waals surface area contributed by atoms with E-state index in [0.29, 0.717) is 0 Å². The van der Waals surface area contributed by atoms with Crippen molar-refractivity contribution in [2.75, 3.05) is 13.6 Å². The number of carboxylic acid groups (broad SMARTS) is 1. The lowest BCUT2D eigenvalue weighted by Gasteiger charge is -2.16. The molecule has 0 heterocycles. The van der Waals surface area contributed by atoms with Gasteiger partial charge in [0.25, 0.3) is 0 Å². The van der Waals surface area contributed by atoms with Crippen molar-refractivity contribution in [1.29, 1.82) is 0 Å². The molecule has 0 aliphatic carbocycles. The Morgan fingerprint density at radius 1 is 1.33 bits per heavy atom. The van der Waals surface area contributed by atoms with E-state index >= 15 is 0 Å². The topological polar surface area (TPSA) is 40.5 Å². The van der Waals surface area contributed by atoms with Gasteiger partial charge in [-0.05, 0) is 44.1 Å². The summed E-state index contributed by atoms with van der Waals surface area (Å²) in [7, 11) is 2.10. The zero-order chi connectivity index (χ0) is 13.4. The van der Waals surface area contributed by atoms with E-state index in [4.69, 9.17) is 5.11 Å². The summed E-state index contributed by atoms with van der Waals surface area (Å²) in [5, 5.41) is 8.53. The van der Waals surface area contributed by atoms with Gasteiger partial charge in [-0.15, -0.1) is 0 Å². The Morgan fingerprint density at radius 3 is 2.78 bits per heavy atom. The van der Waals surface area contributed by atoms with Crippen molar-refractivity contribution in [3.05, 3.63) is 34.3 Å². The van der Waals surface area contributed by atoms with Gasteiger partial charge in [0.05, 0.1) is 0 Å². The Labute approximate surface area is 117 Å². The molecule has 1 rings (SSSR count). The van der Waals surface area contributed by atoms with Gasteiger partial charge in [-0.25, -0.2) is 0 Å². The minimum atomic E-state index is -0.697. The third kappa shape index (κ3) is 6.77. The third-order valence-electron chi connectivity index (χ3n) is 2.77. The van der Waals surface area contributed by atoms with Crippen LogP contribution in [0.4, 0.5) is 0 Å². The molecule has 1 N–H and O–H groups in total. The highest BCUT2D eigenvalue weighted by Crippen LogP contribution is 2.13. The van der Waals surface area contributed by atoms with Gasteiger partial charge in [-0.2, -0.15) is 0 Å². The largest absolute Gasteiger partial charge is 0.481 e. The van der Waals surface area contributed by atoms with Gasteiger partial charge < -0.3 is 10.0 Å². The molecule has 0 saturated heterocycles. The van der Waals surface area contributed by atoms with Crippen LogP contribution in [0.25, 0.3) is 0 Å². The lowest BCUT2D eigenvalue weighted by atomic mass is 10.1. The summed E-state index contributed by atoms with van der Waals surface area (Å²) in [5.41, 5.74) is 1.29. The molecule has 0 saturated carbocycles. The van der Waals surface area contributed by atoms with E-state index < -0.39 is 5.97 Å². The number of halogens is 1. The maximum Gasteiger partial charge on any atom is 0.303 e. The van der Waals surface area contributed by atoms with Crippen molar-refractivity contribution >= 4 is 21.9 Å². The van der Waals surface area contributed by atoms with Crippen LogP contribution in [0.2, 0.25) is 0 Å². The molecule has 3 nitrogen and oxygen atoms in total. The molecular weight excluding hydrogens is 294 g/mol. The minimum absolute atomic E-state index is 0.287. The van der Waals surface area contributed by atoms with E-state index in [1.807, 2.05) is 12.1 Å². The van der Waals surface area contributed by atoms with E-state index in [0.717, 1.165) is 36.8 Å². The van der Waals surface area contributed by atoms with Gasteiger partial charge in [0.2, 0.25) is 0 Å². The number of aliphatic carboxylic acids is 1. The van der Waals surface area contributed by atoms with Gasteiger partial charge in [-0.1, -0.05) is 34.5 Å². The molecule has 0 amide bonds. The number of rotatable bonds is 8. The van der Waals surface area contributed by atoms with Gasteiger partial charge >= 0.3 is 5.97 Å². The van der Waals surface area contributed by atoms with Gasteiger partial charge in [0.15, 0.2) is 0 Å². The molecule has 0 atom stereocenters. The Morgan fingerprint density at radius 2 is 2.11 bits per heavy atom. The molecule has 4 heteroatoms. The molecule has 0 bridgehead atoms. The predicted octanol–water partition coefficient (Wildman–Crippen LogP) is 3.53. The predicted molar refractivity (Wildman–Crippen MR) is 76.6 cm³/mol. The number of nitrogens with zero attached hydrogens (tertiary/aromatic N) is 1. The monoisotopic (exact) mass is 313 g/mol. The summed E-state index contributed by atoms with van der Waals surface area (Å²) >= 11 is 3.46. The van der Waals surface area contributed by atoms with Crippen molar-refractivity contribution in [3.8, 4) is 0 Å². The highest BCUT2D eigenvalue weighted by atomic mass is 79.9. The standard InChI is InChI=1S/C14H20BrNO2/c1-16(9-4-2-3-8-14(17)18)11-12-6-5-7-13(15)10-12/h5-7,10H,2-4,8-9,11H2,1H3,(H,17,18). The summed E-state index contributed by atoms with van der Waals surface area (Å²) in [5.74, 6) is -0.697. The summed E-state index contributed by atoms with van der Waals surface area (Å²) in [6.07, 6.45) is 3.10. The number of hydrogen-bond acceptors (Lipinski definition) is 2. The van der Waals surface area contributed by atoms with Crippen LogP contribution in [-0.4, -0.2) is 29.6 Å². The third-order valence-corrected chi connectivity index (χ3v) is 3.27. The van der Waals surface area contributed by atoms with Crippen LogP contribution in [0.15, 0.2) is 28.7 Å². The molecule has 0 aliphatic rings. The summed E-state index contributed by atoms with van der Waals surface area (Å²) in [6.45, 7) is 1.94. The first-order chi connectivity index (χ1) is 8.58. The second-order valence-corrected chi connectivity index (χ2v) is 5.49. The zero-order valence-corrected chi connectivity index (χ0v) is 12.3. The number of benzene rings is 1. The Bertz CT molecular complexity index is 382. The van der Waals surface area contributed by atoms with Gasteiger partial charge in [-0.3, -0.25) is 4.79 Å². The van der Waals surface area contributed by atoms with Crippen molar-refractivity contribution in [3.63, 3.8) is 0 Å². The van der Waals surface area contributed by atoms with Crippen LogP contribution in [0, 0.1) is 0 Å². The quantitative estimate of drug-likeness (QED) is 0.746. The summed E-state index contributed by atoms with van der Waals surface area (Å²) in [4.78, 5) is 12.6. The first kappa shape index (κ1) is 15.2. The number of carboxylic acids is 1. The Balaban J connectivity index is 2.17. The van der Waals surface area contributed by atoms with Gasteiger partial charge in [0.1, 0.15) is 0 Å². The fourth-order valence-corrected chi connectivity index (χ4v) is 2.31. The van der Waals surface area contributed by atoms with Crippen LogP contribution >= 0.6 is 15.9 Å². The van der Waals surface area contributed by atoms with E-state index in [-0.39, 0.29) is 6.42 Å². The summed E-state index contributed by atoms with van der Waals surface area (Å²) < 4.78 is 1.11. The second-order valence-electron chi connectivity index (χ2n) is 4.57. The Hall–Kier alpha value is -0.870. The molecule has 1 aromatic carbocycles. The molecule has 0 unspecified atom stereocenters. The Kier molecular flexibility index (Phi) is 6.98. The number of carbonyl (C=O) groups is 1. The molecule has 0 spiro atoms. The van der Waals surface area contributed by atoms with Crippen LogP contribution in [0.1, 0.15) is 31.2 Å². The molecule has 0 fully saturated rings. The fraction of sp³-hybridized carbons (Fsp3) is 0.500. The SMILES string of the molecule is CN(CCCCCC(=O)O)Cc1cccc(Br)c1. The molecule has 18 heavy (non-hydrogen) atoms. The van der Waals surface area contributed by atoms with Crippen LogP contribution in [0.5, 0.6) is 0 Å². The first-order valence-corrected chi connectivity index (χ1v) is 7.02. The lowest BCUT2D eigenvalue weighted by molar-refractivity contribution is -0.137. The van der Waals surface area contributed by atoms with Crippen LogP contribution in [-0.2, 0) is 11.3 Å². The molecule has 0 aliphatic heterocycles. The number of hydrogen-bond donors (Lipinski definition) is 1. The van der Waals surface area contributed by atoms with E-state index in [2.05, 4.69) is 40.0 Å². The van der Waals surface area contributed by atoms with E-state index in [1.165, 1.54) is 5.56 Å². The van der Waals surface area contributed by atoms with Crippen molar-refractivity contribution in [2.24, 2.45) is 0 Å². The maximum atomic E-state index is 10.4. The van der Waals surface area contributed by atoms with E-state index in [1.54, 1.807) is 0 Å². The average Bonchev–Trinajstić information content (AvgIpc) is 2.28. The maximum absolute atomic E-state index is 10.4. The highest BCUT2D eigenvalue weighted by Gasteiger charge is 2.01. The minimum Gasteiger partial charge on any atom is -0.481 e. The molecule has 0 aromatic heterocycles. The van der Waals surface area contributed by atoms with Crippen LogP contribution < -0.4 is 0 Å². The van der Waals surface area contributed by atoms with Crippen molar-refractivity contribution < 1.29 is 9.90 Å². The highest BCUT2D eigenvalue weighted by molar-refractivity contribution is 9.10. The van der Waals surface area contributed by atoms with Crippen LogP contribution in [0.3, 0.4) is 0 Å². The molecular formula is C14H20BrNO2. The fourth-order valence-electron chi connectivity index (χ4n) is 1.86. The zero-order valence-electron chi connectivity index (χ0n) is 10.7. The smallest absolute Gasteiger partial charge is 0.303 e. The van der Waals surface area contributed by atoms with Crippen molar-refractivity contribution in [2.45, 2.75) is 32.2 Å². The first-order valence-electron chi connectivity index (χ1n) is 6.22. The normalized spacial score (nSPS) is 10.8. The van der Waals surface area contributed by atoms with Crippen molar-refractivity contribution in [1.82, 2.24) is 4.90 Å². The summed E-state index contributed by atoms with van der Waals surface area (Å²) in [6, 6.07) is 8.31. The second kappa shape index (κ2) is 8.27.